The van der Waals surface area contributed by atoms with Gasteiger partial charge in [-0.15, -0.1) is 0 Å². The van der Waals surface area contributed by atoms with Gasteiger partial charge in [-0.25, -0.2) is 4.68 Å². The van der Waals surface area contributed by atoms with E-state index in [9.17, 15) is 9.59 Å². The largest absolute Gasteiger partial charge is 0.320 e. The number of rotatable bonds is 5. The maximum atomic E-state index is 12.7. The summed E-state index contributed by atoms with van der Waals surface area (Å²) in [4.78, 5) is 25.0. The molecule has 2 N–H and O–H groups in total. The molecule has 0 radical (unpaired) electrons. The molecule has 1 atom stereocenters. The smallest absolute Gasteiger partial charge is 0.295 e. The summed E-state index contributed by atoms with van der Waals surface area (Å²) in [5, 5.41) is 6.12. The lowest BCUT2D eigenvalue weighted by Gasteiger charge is -2.08. The van der Waals surface area contributed by atoms with Gasteiger partial charge in [0, 0.05) is 13.5 Å². The number of anilines is 1. The molecule has 1 aliphatic rings. The second-order valence-electron chi connectivity index (χ2n) is 6.38. The highest BCUT2D eigenvalue weighted by molar-refractivity contribution is 5.91. The van der Waals surface area contributed by atoms with Gasteiger partial charge >= 0.3 is 0 Å². The molecule has 1 fully saturated rings. The number of hydrogen-bond donors (Lipinski definition) is 2. The first-order valence-electron chi connectivity index (χ1n) is 8.42. The van der Waals surface area contributed by atoms with E-state index in [1.165, 1.54) is 0 Å². The zero-order valence-corrected chi connectivity index (χ0v) is 14.2. The van der Waals surface area contributed by atoms with Crippen LogP contribution in [-0.2, 0) is 11.8 Å². The Morgan fingerprint density at radius 3 is 2.75 bits per heavy atom. The minimum absolute atomic E-state index is 0.0899. The van der Waals surface area contributed by atoms with Crippen LogP contribution in [0, 0.1) is 12.8 Å². The van der Waals surface area contributed by atoms with Gasteiger partial charge in [0.15, 0.2) is 0 Å². The van der Waals surface area contributed by atoms with Crippen LogP contribution in [0.1, 0.15) is 25.0 Å². The van der Waals surface area contributed by atoms with Gasteiger partial charge < -0.3 is 10.6 Å². The summed E-state index contributed by atoms with van der Waals surface area (Å²) in [5.74, 6) is 0.474. The topological polar surface area (TPSA) is 68.1 Å². The fourth-order valence-corrected chi connectivity index (χ4v) is 3.21. The Morgan fingerprint density at radius 2 is 2.08 bits per heavy atom. The normalized spacial score (nSPS) is 17.2. The minimum atomic E-state index is -0.197. The maximum absolute atomic E-state index is 12.7. The summed E-state index contributed by atoms with van der Waals surface area (Å²) in [6, 6.07) is 9.43. The van der Waals surface area contributed by atoms with Gasteiger partial charge in [0.2, 0.25) is 5.91 Å². The van der Waals surface area contributed by atoms with E-state index in [1.54, 1.807) is 9.36 Å². The second kappa shape index (κ2) is 7.05. The molecule has 1 aromatic heterocycles. The predicted octanol–water partition coefficient (Wildman–Crippen LogP) is 1.81. The van der Waals surface area contributed by atoms with Crippen molar-refractivity contribution in [2.45, 2.75) is 26.2 Å². The van der Waals surface area contributed by atoms with Crippen molar-refractivity contribution in [3.63, 3.8) is 0 Å². The van der Waals surface area contributed by atoms with Crippen LogP contribution in [0.15, 0.2) is 35.1 Å². The molecule has 3 rings (SSSR count). The van der Waals surface area contributed by atoms with E-state index in [0.717, 1.165) is 37.3 Å². The van der Waals surface area contributed by atoms with Crippen LogP contribution in [0.3, 0.4) is 0 Å². The molecule has 128 valence electrons. The zero-order chi connectivity index (χ0) is 17.1. The van der Waals surface area contributed by atoms with Gasteiger partial charge in [0.25, 0.3) is 5.56 Å². The molecule has 6 heteroatoms. The van der Waals surface area contributed by atoms with Crippen molar-refractivity contribution in [1.82, 2.24) is 14.7 Å². The number of nitrogens with zero attached hydrogens (tertiary/aromatic N) is 2. The Morgan fingerprint density at radius 1 is 1.33 bits per heavy atom. The highest BCUT2D eigenvalue weighted by Gasteiger charge is 2.19. The molecule has 2 heterocycles. The average molecular weight is 328 g/mol. The molecule has 2 aromatic rings. The molecule has 24 heavy (non-hydrogen) atoms. The lowest BCUT2D eigenvalue weighted by molar-refractivity contribution is -0.116. The Kier molecular flexibility index (Phi) is 4.85. The van der Waals surface area contributed by atoms with Gasteiger partial charge in [-0.05, 0) is 50.9 Å². The summed E-state index contributed by atoms with van der Waals surface area (Å²) in [6.07, 6.45) is 2.43. The van der Waals surface area contributed by atoms with Crippen LogP contribution in [0.5, 0.6) is 0 Å². The number of amides is 1. The van der Waals surface area contributed by atoms with Crippen LogP contribution in [-0.4, -0.2) is 28.4 Å². The summed E-state index contributed by atoms with van der Waals surface area (Å²) in [6.45, 7) is 3.86. The Hall–Kier alpha value is -2.34. The van der Waals surface area contributed by atoms with E-state index in [-0.39, 0.29) is 11.5 Å². The van der Waals surface area contributed by atoms with Crippen molar-refractivity contribution in [1.29, 1.82) is 0 Å². The van der Waals surface area contributed by atoms with Crippen molar-refractivity contribution in [3.8, 4) is 5.69 Å². The van der Waals surface area contributed by atoms with Crippen molar-refractivity contribution < 1.29 is 4.79 Å². The lowest BCUT2D eigenvalue weighted by Crippen LogP contribution is -2.23. The third-order valence-corrected chi connectivity index (χ3v) is 4.76. The monoisotopic (exact) mass is 328 g/mol. The average Bonchev–Trinajstić information content (AvgIpc) is 3.17. The van der Waals surface area contributed by atoms with E-state index in [1.807, 2.05) is 44.3 Å². The number of benzene rings is 1. The molecule has 0 aliphatic carbocycles. The fourth-order valence-electron chi connectivity index (χ4n) is 3.21. The van der Waals surface area contributed by atoms with Crippen LogP contribution < -0.4 is 16.2 Å². The van der Waals surface area contributed by atoms with Crippen molar-refractivity contribution in [2.24, 2.45) is 13.0 Å². The maximum Gasteiger partial charge on any atom is 0.295 e. The summed E-state index contributed by atoms with van der Waals surface area (Å²) in [5.41, 5.74) is 1.71. The molecule has 1 aliphatic heterocycles. The molecule has 0 bridgehead atoms. The first-order chi connectivity index (χ1) is 11.6. The van der Waals surface area contributed by atoms with Gasteiger partial charge in [-0.3, -0.25) is 14.3 Å². The van der Waals surface area contributed by atoms with Gasteiger partial charge in [-0.2, -0.15) is 0 Å². The summed E-state index contributed by atoms with van der Waals surface area (Å²) < 4.78 is 3.35. The number of hydrogen-bond acceptors (Lipinski definition) is 3. The molecule has 1 amide bonds. The van der Waals surface area contributed by atoms with Crippen LogP contribution in [0.25, 0.3) is 5.69 Å². The van der Waals surface area contributed by atoms with E-state index in [0.29, 0.717) is 18.0 Å². The van der Waals surface area contributed by atoms with Gasteiger partial charge in [-0.1, -0.05) is 18.2 Å². The molecule has 1 aromatic carbocycles. The zero-order valence-electron chi connectivity index (χ0n) is 14.2. The molecule has 1 saturated heterocycles. The summed E-state index contributed by atoms with van der Waals surface area (Å²) in [7, 11) is 1.82. The highest BCUT2D eigenvalue weighted by atomic mass is 16.2. The van der Waals surface area contributed by atoms with Crippen molar-refractivity contribution in [3.05, 3.63) is 46.4 Å². The van der Waals surface area contributed by atoms with Crippen molar-refractivity contribution in [2.75, 3.05) is 18.4 Å². The third kappa shape index (κ3) is 3.28. The number of para-hydroxylation sites is 1. The van der Waals surface area contributed by atoms with Crippen LogP contribution in [0.2, 0.25) is 0 Å². The number of nitrogens with one attached hydrogen (secondary N) is 2. The van der Waals surface area contributed by atoms with Gasteiger partial charge in [0.1, 0.15) is 5.69 Å². The van der Waals surface area contributed by atoms with Gasteiger partial charge in [0.05, 0.1) is 11.4 Å². The Balaban J connectivity index is 1.76. The molecule has 0 saturated carbocycles. The first-order valence-corrected chi connectivity index (χ1v) is 8.42. The predicted molar refractivity (Wildman–Crippen MR) is 94.6 cm³/mol. The molecule has 6 nitrogen and oxygen atoms in total. The van der Waals surface area contributed by atoms with E-state index in [2.05, 4.69) is 10.6 Å². The lowest BCUT2D eigenvalue weighted by atomic mass is 10.0. The highest BCUT2D eigenvalue weighted by Crippen LogP contribution is 2.17. The molecular weight excluding hydrogens is 304 g/mol. The summed E-state index contributed by atoms with van der Waals surface area (Å²) >= 11 is 0. The Bertz CT molecular complexity index is 770. The number of carbonyl (C=O) groups is 1. The number of carbonyl (C=O) groups excluding carboxylic acids is 1. The first kappa shape index (κ1) is 16.5. The van der Waals surface area contributed by atoms with E-state index in [4.69, 9.17) is 0 Å². The standard InChI is InChI=1S/C18H24N4O2/c1-13-17(20-16(23)9-8-14-10-11-19-12-14)18(24)22(21(13)2)15-6-4-3-5-7-15/h3-7,14,19H,8-12H2,1-2H3,(H,20,23). The van der Waals surface area contributed by atoms with E-state index >= 15 is 0 Å². The molecule has 1 unspecified atom stereocenters. The second-order valence-corrected chi connectivity index (χ2v) is 6.38. The minimum Gasteiger partial charge on any atom is -0.320 e. The van der Waals surface area contributed by atoms with Crippen LogP contribution in [0.4, 0.5) is 5.69 Å². The van der Waals surface area contributed by atoms with Crippen LogP contribution >= 0.6 is 0 Å². The van der Waals surface area contributed by atoms with E-state index < -0.39 is 0 Å². The SMILES string of the molecule is Cc1c(NC(=O)CCC2CCNC2)c(=O)n(-c2ccccc2)n1C. The Labute approximate surface area is 141 Å². The fraction of sp³-hybridized carbons (Fsp3) is 0.444. The third-order valence-electron chi connectivity index (χ3n) is 4.76. The number of aromatic nitrogens is 2. The molecular formula is C18H24N4O2. The van der Waals surface area contributed by atoms with Crippen molar-refractivity contribution >= 4 is 11.6 Å². The quantitative estimate of drug-likeness (QED) is 0.880. The molecule has 0 spiro atoms.